The minimum Gasteiger partial charge on any atom is -0.456 e. The Kier molecular flexibility index (Phi) is 7.87. The molecule has 2 heterocycles. The molecule has 292 valence electrons. The smallest absolute Gasteiger partial charge is 0.164 e. The lowest BCUT2D eigenvalue weighted by atomic mass is 9.86. The van der Waals surface area contributed by atoms with Crippen molar-refractivity contribution in [2.45, 2.75) is 0 Å². The fourth-order valence-electron chi connectivity index (χ4n) is 9.72. The summed E-state index contributed by atoms with van der Waals surface area (Å²) in [7, 11) is 0. The Balaban J connectivity index is 1.09. The van der Waals surface area contributed by atoms with Crippen LogP contribution in [0.3, 0.4) is 0 Å². The molecular formula is C59H35N3O. The molecule has 0 spiro atoms. The van der Waals surface area contributed by atoms with E-state index in [-0.39, 0.29) is 0 Å². The van der Waals surface area contributed by atoms with Crippen molar-refractivity contribution in [3.63, 3.8) is 0 Å². The normalized spacial score (nSPS) is 11.8. The first-order valence-electron chi connectivity index (χ1n) is 21.3. The van der Waals surface area contributed by atoms with Gasteiger partial charge in [0.05, 0.1) is 0 Å². The number of furan rings is 1. The monoisotopic (exact) mass is 801 g/mol. The molecule has 2 aromatic heterocycles. The van der Waals surface area contributed by atoms with Crippen LogP contribution in [0.5, 0.6) is 0 Å². The molecular weight excluding hydrogens is 767 g/mol. The lowest BCUT2D eigenvalue weighted by molar-refractivity contribution is 0.669. The van der Waals surface area contributed by atoms with Gasteiger partial charge in [0.25, 0.3) is 0 Å². The first-order valence-corrected chi connectivity index (χ1v) is 21.3. The van der Waals surface area contributed by atoms with Gasteiger partial charge in [-0.2, -0.15) is 0 Å². The highest BCUT2D eigenvalue weighted by atomic mass is 16.3. The van der Waals surface area contributed by atoms with E-state index >= 15 is 0 Å². The van der Waals surface area contributed by atoms with Gasteiger partial charge < -0.3 is 4.42 Å². The average Bonchev–Trinajstić information content (AvgIpc) is 3.71. The molecule has 0 atom stereocenters. The van der Waals surface area contributed by atoms with Crippen LogP contribution in [-0.2, 0) is 0 Å². The van der Waals surface area contributed by atoms with Gasteiger partial charge in [-0.15, -0.1) is 0 Å². The predicted molar refractivity (Wildman–Crippen MR) is 262 cm³/mol. The summed E-state index contributed by atoms with van der Waals surface area (Å²) >= 11 is 0. The Morgan fingerprint density at radius 3 is 1.37 bits per heavy atom. The zero-order valence-corrected chi connectivity index (χ0v) is 34.0. The van der Waals surface area contributed by atoms with E-state index in [4.69, 9.17) is 19.4 Å². The summed E-state index contributed by atoms with van der Waals surface area (Å²) in [4.78, 5) is 16.0. The summed E-state index contributed by atoms with van der Waals surface area (Å²) in [6, 6.07) is 75.3. The number of aromatic nitrogens is 3. The Hall–Kier alpha value is -8.47. The van der Waals surface area contributed by atoms with Gasteiger partial charge in [0.15, 0.2) is 17.5 Å². The Bertz CT molecular complexity index is 3890. The van der Waals surface area contributed by atoms with E-state index in [0.29, 0.717) is 17.5 Å². The van der Waals surface area contributed by atoms with Crippen molar-refractivity contribution in [1.82, 2.24) is 15.0 Å². The van der Waals surface area contributed by atoms with Crippen LogP contribution in [0.1, 0.15) is 0 Å². The number of hydrogen-bond donors (Lipinski definition) is 0. The molecule has 0 fully saturated rings. The van der Waals surface area contributed by atoms with Crippen LogP contribution in [0.2, 0.25) is 0 Å². The lowest BCUT2D eigenvalue weighted by Gasteiger charge is -2.17. The zero-order valence-electron chi connectivity index (χ0n) is 34.0. The number of nitrogens with zero attached hydrogens (tertiary/aromatic N) is 3. The minimum absolute atomic E-state index is 0.617. The maximum absolute atomic E-state index is 6.73. The highest BCUT2D eigenvalue weighted by molar-refractivity contribution is 6.21. The van der Waals surface area contributed by atoms with Gasteiger partial charge in [0.2, 0.25) is 0 Å². The third kappa shape index (κ3) is 5.73. The van der Waals surface area contributed by atoms with Gasteiger partial charge in [-0.3, -0.25) is 0 Å². The summed E-state index contributed by atoms with van der Waals surface area (Å²) < 4.78 is 6.73. The molecule has 4 nitrogen and oxygen atoms in total. The quantitative estimate of drug-likeness (QED) is 0.174. The fraction of sp³-hybridized carbons (Fsp3) is 0. The topological polar surface area (TPSA) is 51.8 Å². The number of rotatable bonds is 5. The van der Waals surface area contributed by atoms with Crippen LogP contribution in [0.25, 0.3) is 132 Å². The molecule has 0 aliphatic heterocycles. The van der Waals surface area contributed by atoms with E-state index in [0.717, 1.165) is 98.6 Å². The number of fused-ring (bicyclic) bond motifs is 8. The van der Waals surface area contributed by atoms with Crippen molar-refractivity contribution in [1.29, 1.82) is 0 Å². The largest absolute Gasteiger partial charge is 0.456 e. The van der Waals surface area contributed by atoms with Crippen LogP contribution in [0.15, 0.2) is 217 Å². The molecule has 0 amide bonds. The van der Waals surface area contributed by atoms with E-state index in [1.54, 1.807) is 0 Å². The van der Waals surface area contributed by atoms with E-state index in [1.807, 2.05) is 0 Å². The van der Waals surface area contributed by atoms with Crippen LogP contribution >= 0.6 is 0 Å². The average molecular weight is 802 g/mol. The molecule has 0 N–H and O–H groups in total. The molecule has 13 aromatic rings. The maximum atomic E-state index is 6.73. The second-order valence-electron chi connectivity index (χ2n) is 16.3. The number of hydrogen-bond acceptors (Lipinski definition) is 4. The summed E-state index contributed by atoms with van der Waals surface area (Å²) in [6.07, 6.45) is 0. The summed E-state index contributed by atoms with van der Waals surface area (Å²) in [5.74, 6) is 1.88. The third-order valence-corrected chi connectivity index (χ3v) is 12.7. The van der Waals surface area contributed by atoms with E-state index in [9.17, 15) is 0 Å². The standard InChI is InChI=1S/C59H35N3O/c1-2-16-39-33-42(28-27-36(39)13-1)45-31-32-53-56(52-34-40-17-3-4-18-41(40)35-54(52)63-53)55(45)48-29-30-51(47-24-10-9-23-46(47)48)59-61-57(49-25-11-19-37-14-5-7-21-43(37)49)60-58(62-59)50-26-12-20-38-15-6-8-22-44(38)50/h1-35H. The summed E-state index contributed by atoms with van der Waals surface area (Å²) in [6.45, 7) is 0. The molecule has 4 heteroatoms. The Labute approximate surface area is 362 Å². The van der Waals surface area contributed by atoms with E-state index in [2.05, 4.69) is 212 Å². The minimum atomic E-state index is 0.617. The molecule has 0 aliphatic rings. The first kappa shape index (κ1) is 35.3. The Morgan fingerprint density at radius 1 is 0.270 bits per heavy atom. The van der Waals surface area contributed by atoms with Crippen molar-refractivity contribution in [3.05, 3.63) is 212 Å². The Morgan fingerprint density at radius 2 is 0.730 bits per heavy atom. The van der Waals surface area contributed by atoms with Crippen LogP contribution in [0, 0.1) is 0 Å². The molecule has 0 aliphatic carbocycles. The van der Waals surface area contributed by atoms with E-state index in [1.165, 1.54) is 16.2 Å². The highest BCUT2D eigenvalue weighted by Gasteiger charge is 2.23. The molecule has 0 bridgehead atoms. The van der Waals surface area contributed by atoms with Crippen molar-refractivity contribution in [3.8, 4) is 56.4 Å². The third-order valence-electron chi connectivity index (χ3n) is 12.7. The van der Waals surface area contributed by atoms with Gasteiger partial charge in [-0.05, 0) is 101 Å². The number of benzene rings is 11. The van der Waals surface area contributed by atoms with Gasteiger partial charge in [0.1, 0.15) is 11.2 Å². The molecule has 63 heavy (non-hydrogen) atoms. The van der Waals surface area contributed by atoms with Crippen molar-refractivity contribution in [2.75, 3.05) is 0 Å². The molecule has 11 aromatic carbocycles. The van der Waals surface area contributed by atoms with Gasteiger partial charge in [-0.1, -0.05) is 182 Å². The maximum Gasteiger partial charge on any atom is 0.164 e. The second kappa shape index (κ2) is 14.1. The summed E-state index contributed by atoms with van der Waals surface area (Å²) in [5.41, 5.74) is 9.10. The molecule has 0 saturated heterocycles. The van der Waals surface area contributed by atoms with Crippen LogP contribution in [-0.4, -0.2) is 15.0 Å². The highest BCUT2D eigenvalue weighted by Crippen LogP contribution is 2.47. The lowest BCUT2D eigenvalue weighted by Crippen LogP contribution is -2.01. The van der Waals surface area contributed by atoms with Gasteiger partial charge >= 0.3 is 0 Å². The van der Waals surface area contributed by atoms with Crippen molar-refractivity contribution in [2.24, 2.45) is 0 Å². The molecule has 0 saturated carbocycles. The molecule has 0 unspecified atom stereocenters. The van der Waals surface area contributed by atoms with Crippen LogP contribution in [0.4, 0.5) is 0 Å². The first-order chi connectivity index (χ1) is 31.2. The fourth-order valence-corrected chi connectivity index (χ4v) is 9.72. The molecule has 13 rings (SSSR count). The molecule has 0 radical (unpaired) electrons. The predicted octanol–water partition coefficient (Wildman–Crippen LogP) is 15.9. The van der Waals surface area contributed by atoms with Crippen molar-refractivity contribution >= 4 is 75.8 Å². The second-order valence-corrected chi connectivity index (χ2v) is 16.3. The van der Waals surface area contributed by atoms with Crippen LogP contribution < -0.4 is 0 Å². The van der Waals surface area contributed by atoms with Crippen molar-refractivity contribution < 1.29 is 4.42 Å². The zero-order chi connectivity index (χ0) is 41.4. The summed E-state index contributed by atoms with van der Waals surface area (Å²) in [5, 5.41) is 13.5. The van der Waals surface area contributed by atoms with E-state index < -0.39 is 0 Å². The SMILES string of the molecule is c1ccc2cc(-c3ccc4oc5cc6ccccc6cc5c4c3-c3ccc(-c4nc(-c5cccc6ccccc56)nc(-c5cccc6ccccc56)n4)c4ccccc34)ccc2c1. The van der Waals surface area contributed by atoms with Gasteiger partial charge in [0, 0.05) is 33.0 Å². The van der Waals surface area contributed by atoms with Gasteiger partial charge in [-0.25, -0.2) is 15.0 Å².